The van der Waals surface area contributed by atoms with Gasteiger partial charge < -0.3 is 10.7 Å². The standard InChI is InChI=1S/C21H17F9N2/c22-19(23,24)12-5-3-4-11(8-12)18-14(6-1-2-7-31)17-15(21(28,29)30)9-13(20(25,26)27)10-16(17)32-18/h3-5,8-10,32H,1-2,6-7,31H2. The van der Waals surface area contributed by atoms with Crippen molar-refractivity contribution in [2.75, 3.05) is 6.54 Å². The summed E-state index contributed by atoms with van der Waals surface area (Å²) in [6.07, 6.45) is -14.2. The van der Waals surface area contributed by atoms with Crippen LogP contribution in [0.25, 0.3) is 22.2 Å². The van der Waals surface area contributed by atoms with Crippen LogP contribution in [0.2, 0.25) is 0 Å². The van der Waals surface area contributed by atoms with Crippen molar-refractivity contribution in [1.29, 1.82) is 0 Å². The summed E-state index contributed by atoms with van der Waals surface area (Å²) < 4.78 is 120. The van der Waals surface area contributed by atoms with Crippen LogP contribution < -0.4 is 5.73 Å². The lowest BCUT2D eigenvalue weighted by molar-refractivity contribution is -0.142. The molecule has 3 rings (SSSR count). The third-order valence-electron chi connectivity index (χ3n) is 4.99. The highest BCUT2D eigenvalue weighted by Crippen LogP contribution is 2.44. The molecule has 0 atom stereocenters. The van der Waals surface area contributed by atoms with Gasteiger partial charge in [0.05, 0.1) is 16.7 Å². The molecule has 0 amide bonds. The Bertz CT molecular complexity index is 1110. The number of unbranched alkanes of at least 4 members (excludes halogenated alkanes) is 1. The summed E-state index contributed by atoms with van der Waals surface area (Å²) in [5, 5.41) is -0.491. The summed E-state index contributed by atoms with van der Waals surface area (Å²) in [7, 11) is 0. The van der Waals surface area contributed by atoms with Crippen LogP contribution >= 0.6 is 0 Å². The van der Waals surface area contributed by atoms with Crippen LogP contribution in [0.4, 0.5) is 39.5 Å². The van der Waals surface area contributed by atoms with Crippen LogP contribution in [0.3, 0.4) is 0 Å². The number of benzene rings is 2. The van der Waals surface area contributed by atoms with Crippen molar-refractivity contribution < 1.29 is 39.5 Å². The maximum Gasteiger partial charge on any atom is 0.417 e. The molecule has 1 heterocycles. The molecule has 2 aromatic carbocycles. The molecule has 0 spiro atoms. The first-order chi connectivity index (χ1) is 14.7. The average molecular weight is 468 g/mol. The van der Waals surface area contributed by atoms with Gasteiger partial charge >= 0.3 is 18.5 Å². The van der Waals surface area contributed by atoms with Crippen LogP contribution in [0.15, 0.2) is 36.4 Å². The van der Waals surface area contributed by atoms with Crippen LogP contribution in [-0.4, -0.2) is 11.5 Å². The van der Waals surface area contributed by atoms with Gasteiger partial charge in [0.15, 0.2) is 0 Å². The van der Waals surface area contributed by atoms with Gasteiger partial charge in [0.25, 0.3) is 0 Å². The van der Waals surface area contributed by atoms with Crippen molar-refractivity contribution in [3.63, 3.8) is 0 Å². The number of fused-ring (bicyclic) bond motifs is 1. The summed E-state index contributed by atoms with van der Waals surface area (Å²) in [4.78, 5) is 2.51. The lowest BCUT2D eigenvalue weighted by Crippen LogP contribution is -2.11. The lowest BCUT2D eigenvalue weighted by atomic mass is 9.95. The zero-order chi connectivity index (χ0) is 23.9. The third-order valence-corrected chi connectivity index (χ3v) is 4.99. The normalized spacial score (nSPS) is 13.2. The summed E-state index contributed by atoms with van der Waals surface area (Å²) in [6, 6.07) is 4.44. The first kappa shape index (κ1) is 24.0. The van der Waals surface area contributed by atoms with Crippen molar-refractivity contribution in [2.45, 2.75) is 37.8 Å². The molecular weight excluding hydrogens is 451 g/mol. The van der Waals surface area contributed by atoms with E-state index < -0.39 is 46.1 Å². The lowest BCUT2D eigenvalue weighted by Gasteiger charge is -2.14. The van der Waals surface area contributed by atoms with Gasteiger partial charge in [0.1, 0.15) is 0 Å². The number of hydrogen-bond donors (Lipinski definition) is 2. The number of nitrogens with one attached hydrogen (secondary N) is 1. The molecular formula is C21H17F9N2. The van der Waals surface area contributed by atoms with Crippen LogP contribution in [0, 0.1) is 0 Å². The van der Waals surface area contributed by atoms with E-state index in [4.69, 9.17) is 5.73 Å². The highest BCUT2D eigenvalue weighted by Gasteiger charge is 2.39. The molecule has 0 unspecified atom stereocenters. The van der Waals surface area contributed by atoms with Gasteiger partial charge in [-0.05, 0) is 61.2 Å². The smallest absolute Gasteiger partial charge is 0.354 e. The van der Waals surface area contributed by atoms with Crippen molar-refractivity contribution in [3.8, 4) is 11.3 Å². The van der Waals surface area contributed by atoms with Crippen LogP contribution in [0.1, 0.15) is 35.1 Å². The van der Waals surface area contributed by atoms with E-state index >= 15 is 0 Å². The SMILES string of the molecule is NCCCCc1c(-c2cccc(C(F)(F)F)c2)[nH]c2cc(C(F)(F)F)cc(C(F)(F)F)c12. The molecule has 0 radical (unpaired) electrons. The molecule has 0 saturated carbocycles. The zero-order valence-corrected chi connectivity index (χ0v) is 16.3. The minimum atomic E-state index is -5.12. The molecule has 11 heteroatoms. The first-order valence-corrected chi connectivity index (χ1v) is 9.44. The van der Waals surface area contributed by atoms with E-state index in [0.29, 0.717) is 18.9 Å². The topological polar surface area (TPSA) is 41.8 Å². The van der Waals surface area contributed by atoms with Gasteiger partial charge in [-0.3, -0.25) is 0 Å². The van der Waals surface area contributed by atoms with E-state index in [1.165, 1.54) is 6.07 Å². The van der Waals surface area contributed by atoms with Crippen molar-refractivity contribution in [3.05, 3.63) is 58.7 Å². The van der Waals surface area contributed by atoms with E-state index in [2.05, 4.69) is 4.98 Å². The Labute approximate surface area is 176 Å². The molecule has 0 aliphatic heterocycles. The Kier molecular flexibility index (Phi) is 6.25. The molecule has 0 bridgehead atoms. The number of aromatic nitrogens is 1. The molecule has 2 nitrogen and oxygen atoms in total. The van der Waals surface area contributed by atoms with Crippen molar-refractivity contribution in [1.82, 2.24) is 4.98 Å². The highest BCUT2D eigenvalue weighted by atomic mass is 19.4. The van der Waals surface area contributed by atoms with E-state index in [-0.39, 0.29) is 35.9 Å². The third kappa shape index (κ3) is 4.87. The second-order valence-electron chi connectivity index (χ2n) is 7.24. The maximum absolute atomic E-state index is 13.7. The van der Waals surface area contributed by atoms with E-state index in [1.807, 2.05) is 0 Å². The van der Waals surface area contributed by atoms with Gasteiger partial charge in [-0.2, -0.15) is 39.5 Å². The number of rotatable bonds is 5. The summed E-state index contributed by atoms with van der Waals surface area (Å²) in [5.74, 6) is 0. The molecule has 0 aliphatic rings. The van der Waals surface area contributed by atoms with Gasteiger partial charge in [0.2, 0.25) is 0 Å². The first-order valence-electron chi connectivity index (χ1n) is 9.44. The number of halogens is 9. The minimum Gasteiger partial charge on any atom is -0.354 e. The second kappa shape index (κ2) is 8.34. The molecule has 3 N–H and O–H groups in total. The molecule has 1 aromatic heterocycles. The number of alkyl halides is 9. The predicted molar refractivity (Wildman–Crippen MR) is 101 cm³/mol. The van der Waals surface area contributed by atoms with Crippen molar-refractivity contribution in [2.24, 2.45) is 5.73 Å². The fourth-order valence-electron chi connectivity index (χ4n) is 3.58. The minimum absolute atomic E-state index is 0.00572. The summed E-state index contributed by atoms with van der Waals surface area (Å²) >= 11 is 0. The average Bonchev–Trinajstić information content (AvgIpc) is 3.04. The van der Waals surface area contributed by atoms with Gasteiger partial charge in [-0.15, -0.1) is 0 Å². The summed E-state index contributed by atoms with van der Waals surface area (Å²) in [6.45, 7) is 0.228. The number of nitrogens with two attached hydrogens (primary N) is 1. The van der Waals surface area contributed by atoms with Gasteiger partial charge in [-0.25, -0.2) is 0 Å². The molecule has 0 fully saturated rings. The monoisotopic (exact) mass is 468 g/mol. The number of aryl methyl sites for hydroxylation is 1. The Balaban J connectivity index is 2.35. The fraction of sp³-hybridized carbons (Fsp3) is 0.333. The zero-order valence-electron chi connectivity index (χ0n) is 16.3. The number of H-pyrrole nitrogens is 1. The largest absolute Gasteiger partial charge is 0.417 e. The molecule has 3 aromatic rings. The fourth-order valence-corrected chi connectivity index (χ4v) is 3.58. The van der Waals surface area contributed by atoms with E-state index in [1.54, 1.807) is 0 Å². The molecule has 0 aliphatic carbocycles. The number of hydrogen-bond acceptors (Lipinski definition) is 1. The van der Waals surface area contributed by atoms with Gasteiger partial charge in [0, 0.05) is 16.6 Å². The van der Waals surface area contributed by atoms with E-state index in [0.717, 1.165) is 18.2 Å². The number of aromatic amines is 1. The quantitative estimate of drug-likeness (QED) is 0.303. The maximum atomic E-state index is 13.7. The Morgan fingerprint density at radius 1 is 0.750 bits per heavy atom. The highest BCUT2D eigenvalue weighted by molar-refractivity contribution is 5.94. The molecule has 174 valence electrons. The molecule has 0 saturated heterocycles. The summed E-state index contributed by atoms with van der Waals surface area (Å²) in [5.41, 5.74) is 0.746. The van der Waals surface area contributed by atoms with Crippen molar-refractivity contribution >= 4 is 10.9 Å². The van der Waals surface area contributed by atoms with Gasteiger partial charge in [-0.1, -0.05) is 12.1 Å². The second-order valence-corrected chi connectivity index (χ2v) is 7.24. The Morgan fingerprint density at radius 2 is 1.41 bits per heavy atom. The predicted octanol–water partition coefficient (Wildman–Crippen LogP) is 7.17. The molecule has 32 heavy (non-hydrogen) atoms. The Hall–Kier alpha value is -2.69. The van der Waals surface area contributed by atoms with E-state index in [9.17, 15) is 39.5 Å². The van der Waals surface area contributed by atoms with Crippen LogP contribution in [0.5, 0.6) is 0 Å². The Morgan fingerprint density at radius 3 is 1.97 bits per heavy atom. The van der Waals surface area contributed by atoms with Crippen LogP contribution in [-0.2, 0) is 24.9 Å².